The highest BCUT2D eigenvalue weighted by Gasteiger charge is 2.49. The minimum absolute atomic E-state index is 0.0262. The molecule has 34 heavy (non-hydrogen) atoms. The first-order valence-electron chi connectivity index (χ1n) is 11.5. The first-order chi connectivity index (χ1) is 16.4. The van der Waals surface area contributed by atoms with Crippen molar-refractivity contribution in [1.82, 2.24) is 14.7 Å². The summed E-state index contributed by atoms with van der Waals surface area (Å²) >= 11 is 0. The lowest BCUT2D eigenvalue weighted by atomic mass is 9.94. The summed E-state index contributed by atoms with van der Waals surface area (Å²) in [6, 6.07) is 7.12. The van der Waals surface area contributed by atoms with Gasteiger partial charge >= 0.3 is 6.03 Å². The number of hydrogen-bond acceptors (Lipinski definition) is 5. The number of amides is 5. The predicted octanol–water partition coefficient (Wildman–Crippen LogP) is 0.327. The number of para-hydroxylation sites is 1. The molecule has 10 heteroatoms. The van der Waals surface area contributed by atoms with Gasteiger partial charge in [-0.3, -0.25) is 24.2 Å². The molecule has 10 nitrogen and oxygen atoms in total. The van der Waals surface area contributed by atoms with Gasteiger partial charge in [0.15, 0.2) is 24.7 Å². The van der Waals surface area contributed by atoms with Crippen LogP contribution in [0, 0.1) is 5.92 Å². The van der Waals surface area contributed by atoms with E-state index in [2.05, 4.69) is 9.57 Å². The summed E-state index contributed by atoms with van der Waals surface area (Å²) in [5, 5.41) is 0. The molecular formula is C24H27N6O4+. The molecule has 1 atom stereocenters. The smallest absolute Gasteiger partial charge is 0.330 e. The lowest BCUT2D eigenvalue weighted by molar-refractivity contribution is -0.538. The van der Waals surface area contributed by atoms with Crippen molar-refractivity contribution >= 4 is 41.0 Å². The Morgan fingerprint density at radius 1 is 1.12 bits per heavy atom. The molecule has 5 rings (SSSR count). The second kappa shape index (κ2) is 8.51. The van der Waals surface area contributed by atoms with Crippen LogP contribution in [0.3, 0.4) is 0 Å². The van der Waals surface area contributed by atoms with Gasteiger partial charge in [0, 0.05) is 38.5 Å². The molecule has 2 fully saturated rings. The fourth-order valence-electron chi connectivity index (χ4n) is 5.07. The normalized spacial score (nSPS) is 22.2. The van der Waals surface area contributed by atoms with Crippen LogP contribution >= 0.6 is 0 Å². The summed E-state index contributed by atoms with van der Waals surface area (Å²) in [7, 11) is 1.58. The Hall–Kier alpha value is -3.82. The number of carbonyl (C=O) groups is 4. The number of carbonyl (C=O) groups excluding carboxylic acids is 4. The standard InChI is InChI=1S/C24H27N6O4/c1-16(31)27-11-13-28(14-12-27)19-7-9-25-22-21(19)23(33)30(24(34)26(22)2)15-20(32)29-10-8-17-5-3-4-6-18(17)29/h3-7,9,21H,8,10-15H2,1-2H3/q+1. The van der Waals surface area contributed by atoms with Gasteiger partial charge in [-0.25, -0.2) is 14.4 Å². The Labute approximate surface area is 197 Å². The number of anilines is 1. The molecule has 0 radical (unpaired) electrons. The maximum Gasteiger partial charge on any atom is 0.332 e. The highest BCUT2D eigenvalue weighted by Crippen LogP contribution is 2.29. The fraction of sp³-hybridized carbons (Fsp3) is 0.417. The van der Waals surface area contributed by atoms with Crippen LogP contribution in [-0.2, 0) is 20.8 Å². The van der Waals surface area contributed by atoms with Crippen molar-refractivity contribution in [3.8, 4) is 0 Å². The average molecular weight is 464 g/mol. The second-order valence-corrected chi connectivity index (χ2v) is 8.84. The maximum atomic E-state index is 13.6. The van der Waals surface area contributed by atoms with Crippen molar-refractivity contribution in [1.29, 1.82) is 0 Å². The molecule has 1 aromatic carbocycles. The number of piperazine rings is 1. The number of amidine groups is 1. The number of nitrogens with zero attached hydrogens (tertiary/aromatic N) is 6. The van der Waals surface area contributed by atoms with Crippen LogP contribution in [0.2, 0.25) is 0 Å². The van der Waals surface area contributed by atoms with Gasteiger partial charge in [-0.15, -0.1) is 0 Å². The Morgan fingerprint density at radius 2 is 1.85 bits per heavy atom. The molecule has 0 saturated carbocycles. The SMILES string of the molecule is CC(=O)N1CC[N+](=C2C=CN=C3C2C(=O)N(CC(=O)N2CCc4ccccc42)C(=O)N3C)CC1. The Morgan fingerprint density at radius 3 is 2.59 bits per heavy atom. The van der Waals surface area contributed by atoms with Crippen LogP contribution in [0.15, 0.2) is 41.5 Å². The van der Waals surface area contributed by atoms with Crippen LogP contribution in [0.25, 0.3) is 0 Å². The molecule has 176 valence electrons. The largest absolute Gasteiger partial charge is 0.332 e. The third-order valence-corrected chi connectivity index (χ3v) is 6.95. The molecule has 2 saturated heterocycles. The quantitative estimate of drug-likeness (QED) is 0.591. The lowest BCUT2D eigenvalue weighted by Crippen LogP contribution is -2.63. The number of urea groups is 1. The van der Waals surface area contributed by atoms with E-state index >= 15 is 0 Å². The van der Waals surface area contributed by atoms with Crippen LogP contribution in [-0.4, -0.2) is 101 Å². The molecule has 1 unspecified atom stereocenters. The van der Waals surface area contributed by atoms with Gasteiger partial charge in [-0.05, 0) is 18.1 Å². The predicted molar refractivity (Wildman–Crippen MR) is 125 cm³/mol. The number of hydrogen-bond donors (Lipinski definition) is 0. The van der Waals surface area contributed by atoms with E-state index in [1.807, 2.05) is 24.3 Å². The topological polar surface area (TPSA) is 96.6 Å². The van der Waals surface area contributed by atoms with E-state index in [1.165, 1.54) is 4.90 Å². The summed E-state index contributed by atoms with van der Waals surface area (Å²) in [5.74, 6) is -1.12. The van der Waals surface area contributed by atoms with Crippen LogP contribution < -0.4 is 4.90 Å². The van der Waals surface area contributed by atoms with E-state index in [0.29, 0.717) is 38.6 Å². The summed E-state index contributed by atoms with van der Waals surface area (Å²) in [4.78, 5) is 61.7. The Balaban J connectivity index is 1.40. The molecule has 0 aromatic heterocycles. The lowest BCUT2D eigenvalue weighted by Gasteiger charge is -2.38. The first-order valence-corrected chi connectivity index (χ1v) is 11.5. The molecule has 4 aliphatic heterocycles. The maximum absolute atomic E-state index is 13.6. The van der Waals surface area contributed by atoms with E-state index in [0.717, 1.165) is 28.3 Å². The zero-order valence-corrected chi connectivity index (χ0v) is 19.3. The van der Waals surface area contributed by atoms with Crippen LogP contribution in [0.4, 0.5) is 10.5 Å². The van der Waals surface area contributed by atoms with Gasteiger partial charge in [-0.2, -0.15) is 0 Å². The van der Waals surface area contributed by atoms with Gasteiger partial charge in [0.05, 0.1) is 13.1 Å². The van der Waals surface area contributed by atoms with Crippen molar-refractivity contribution in [3.05, 3.63) is 42.1 Å². The Bertz CT molecular complexity index is 1180. The first kappa shape index (κ1) is 22.0. The number of imide groups is 1. The van der Waals surface area contributed by atoms with Crippen molar-refractivity contribution in [2.24, 2.45) is 10.9 Å². The van der Waals surface area contributed by atoms with E-state index in [1.54, 1.807) is 36.0 Å². The van der Waals surface area contributed by atoms with E-state index in [4.69, 9.17) is 0 Å². The molecule has 0 spiro atoms. The van der Waals surface area contributed by atoms with Gasteiger partial charge in [0.1, 0.15) is 12.4 Å². The van der Waals surface area contributed by atoms with Gasteiger partial charge in [0.2, 0.25) is 11.8 Å². The molecule has 5 amide bonds. The number of rotatable bonds is 2. The summed E-state index contributed by atoms with van der Waals surface area (Å²) < 4.78 is 2.06. The minimum atomic E-state index is -0.768. The zero-order valence-electron chi connectivity index (χ0n) is 19.3. The molecule has 0 bridgehead atoms. The summed E-state index contributed by atoms with van der Waals surface area (Å²) in [6.07, 6.45) is 4.13. The number of allylic oxidation sites excluding steroid dienone is 1. The third-order valence-electron chi connectivity index (χ3n) is 6.95. The van der Waals surface area contributed by atoms with Crippen molar-refractivity contribution < 1.29 is 23.8 Å². The zero-order chi connectivity index (χ0) is 24.0. The molecule has 1 aromatic rings. The highest BCUT2D eigenvalue weighted by atomic mass is 16.2. The van der Waals surface area contributed by atoms with E-state index in [-0.39, 0.29) is 18.4 Å². The average Bonchev–Trinajstić information content (AvgIpc) is 3.29. The number of aliphatic imine (C=N–C) groups is 1. The van der Waals surface area contributed by atoms with Gasteiger partial charge in [-0.1, -0.05) is 18.2 Å². The van der Waals surface area contributed by atoms with Crippen LogP contribution in [0.5, 0.6) is 0 Å². The van der Waals surface area contributed by atoms with Crippen molar-refractivity contribution in [2.45, 2.75) is 13.3 Å². The summed E-state index contributed by atoms with van der Waals surface area (Å²) in [5.41, 5.74) is 2.65. The van der Waals surface area contributed by atoms with Gasteiger partial charge in [0.25, 0.3) is 5.91 Å². The van der Waals surface area contributed by atoms with Crippen molar-refractivity contribution in [2.75, 3.05) is 51.2 Å². The third kappa shape index (κ3) is 3.59. The highest BCUT2D eigenvalue weighted by molar-refractivity contribution is 6.31. The van der Waals surface area contributed by atoms with Crippen LogP contribution in [0.1, 0.15) is 12.5 Å². The van der Waals surface area contributed by atoms with Crippen molar-refractivity contribution in [3.63, 3.8) is 0 Å². The van der Waals surface area contributed by atoms with E-state index in [9.17, 15) is 19.2 Å². The Kier molecular flexibility index (Phi) is 5.51. The number of benzene rings is 1. The monoisotopic (exact) mass is 463 g/mol. The molecule has 0 aliphatic carbocycles. The van der Waals surface area contributed by atoms with Gasteiger partial charge < -0.3 is 9.80 Å². The van der Waals surface area contributed by atoms with E-state index < -0.39 is 17.9 Å². The molecule has 4 heterocycles. The molecule has 0 N–H and O–H groups in total. The minimum Gasteiger partial charge on any atom is -0.330 e. The second-order valence-electron chi connectivity index (χ2n) is 8.84. The number of fused-ring (bicyclic) bond motifs is 2. The fourth-order valence-corrected chi connectivity index (χ4v) is 5.07. The molecule has 4 aliphatic rings. The summed E-state index contributed by atoms with van der Waals surface area (Å²) in [6.45, 7) is 4.04. The molecular weight excluding hydrogens is 436 g/mol.